The summed E-state index contributed by atoms with van der Waals surface area (Å²) in [6.07, 6.45) is 3.98. The molecule has 120 valence electrons. The normalized spacial score (nSPS) is 25.3. The molecule has 3 rings (SSSR count). The maximum Gasteiger partial charge on any atom is 0.166 e. The third-order valence-corrected chi connectivity index (χ3v) is 6.76. The standard InChI is InChI=1S/C17H22O4S/c1-21-14-5-6-16-13(11-14)3-2-4-15(17(16)18)12-7-9-22(19,20)10-8-12/h5-6,11-12,15H,2-4,7-10H2,1H3. The molecule has 1 fully saturated rings. The van der Waals surface area contributed by atoms with Crippen LogP contribution in [-0.4, -0.2) is 32.8 Å². The van der Waals surface area contributed by atoms with Gasteiger partial charge in [-0.05, 0) is 61.8 Å². The molecule has 1 saturated heterocycles. The van der Waals surface area contributed by atoms with Gasteiger partial charge >= 0.3 is 0 Å². The Morgan fingerprint density at radius 3 is 2.55 bits per heavy atom. The third-order valence-electron chi connectivity index (χ3n) is 5.04. The van der Waals surface area contributed by atoms with Crippen LogP contribution in [0.3, 0.4) is 0 Å². The molecular weight excluding hydrogens is 300 g/mol. The molecule has 5 heteroatoms. The predicted molar refractivity (Wildman–Crippen MR) is 85.1 cm³/mol. The molecule has 4 nitrogen and oxygen atoms in total. The molecule has 0 aromatic heterocycles. The first-order valence-corrected chi connectivity index (χ1v) is 9.74. The number of hydrogen-bond donors (Lipinski definition) is 0. The maximum absolute atomic E-state index is 12.9. The Labute approximate surface area is 131 Å². The lowest BCUT2D eigenvalue weighted by molar-refractivity contribution is 0.0857. The lowest BCUT2D eigenvalue weighted by Gasteiger charge is -2.28. The number of benzene rings is 1. The van der Waals surface area contributed by atoms with Gasteiger partial charge < -0.3 is 4.74 Å². The number of ether oxygens (including phenoxy) is 1. The highest BCUT2D eigenvalue weighted by Gasteiger charge is 2.35. The Morgan fingerprint density at radius 1 is 1.14 bits per heavy atom. The lowest BCUT2D eigenvalue weighted by Crippen LogP contribution is -2.31. The van der Waals surface area contributed by atoms with Gasteiger partial charge in [-0.25, -0.2) is 8.42 Å². The summed E-state index contributed by atoms with van der Waals surface area (Å²) in [5, 5.41) is 0. The van der Waals surface area contributed by atoms with Crippen molar-refractivity contribution in [3.8, 4) is 5.75 Å². The minimum absolute atomic E-state index is 0.0230. The topological polar surface area (TPSA) is 60.4 Å². The highest BCUT2D eigenvalue weighted by Crippen LogP contribution is 2.36. The fraction of sp³-hybridized carbons (Fsp3) is 0.588. The Kier molecular flexibility index (Phi) is 4.26. The Hall–Kier alpha value is -1.36. The van der Waals surface area contributed by atoms with Crippen LogP contribution >= 0.6 is 0 Å². The van der Waals surface area contributed by atoms with Crippen LogP contribution in [0, 0.1) is 11.8 Å². The fourth-order valence-electron chi connectivity index (χ4n) is 3.75. The molecule has 0 saturated carbocycles. The SMILES string of the molecule is COc1ccc2c(c1)CCCC(C1CCS(=O)(=O)CC1)C2=O. The van der Waals surface area contributed by atoms with Gasteiger partial charge in [0.1, 0.15) is 15.6 Å². The second-order valence-electron chi connectivity index (χ2n) is 6.38. The zero-order valence-corrected chi connectivity index (χ0v) is 13.7. The van der Waals surface area contributed by atoms with E-state index >= 15 is 0 Å². The van der Waals surface area contributed by atoms with Gasteiger partial charge in [-0.2, -0.15) is 0 Å². The van der Waals surface area contributed by atoms with Gasteiger partial charge in [0.2, 0.25) is 0 Å². The van der Waals surface area contributed by atoms with Crippen molar-refractivity contribution >= 4 is 15.6 Å². The number of carbonyl (C=O) groups excluding carboxylic acids is 1. The Morgan fingerprint density at radius 2 is 1.86 bits per heavy atom. The molecule has 0 bridgehead atoms. The van der Waals surface area contributed by atoms with Crippen LogP contribution in [0.25, 0.3) is 0 Å². The number of Topliss-reactive ketones (excluding diaryl/α,β-unsaturated/α-hetero) is 1. The van der Waals surface area contributed by atoms with Crippen molar-refractivity contribution in [2.24, 2.45) is 11.8 Å². The molecule has 1 atom stereocenters. The molecular formula is C17H22O4S. The highest BCUT2D eigenvalue weighted by molar-refractivity contribution is 7.91. The molecule has 22 heavy (non-hydrogen) atoms. The summed E-state index contributed by atoms with van der Waals surface area (Å²) >= 11 is 0. The van der Waals surface area contributed by atoms with E-state index in [9.17, 15) is 13.2 Å². The number of methoxy groups -OCH3 is 1. The first-order chi connectivity index (χ1) is 10.5. The molecule has 0 amide bonds. The maximum atomic E-state index is 12.9. The molecule has 0 N–H and O–H groups in total. The molecule has 2 aliphatic rings. The Balaban J connectivity index is 1.84. The summed E-state index contributed by atoms with van der Waals surface area (Å²) in [7, 11) is -1.25. The van der Waals surface area contributed by atoms with Crippen LogP contribution in [0.2, 0.25) is 0 Å². The third kappa shape index (κ3) is 3.05. The van der Waals surface area contributed by atoms with Gasteiger partial charge in [0.05, 0.1) is 18.6 Å². The average molecular weight is 322 g/mol. The van der Waals surface area contributed by atoms with E-state index in [2.05, 4.69) is 0 Å². The van der Waals surface area contributed by atoms with E-state index in [1.165, 1.54) is 0 Å². The summed E-state index contributed by atoms with van der Waals surface area (Å²) in [6, 6.07) is 5.67. The number of aryl methyl sites for hydroxylation is 1. The van der Waals surface area contributed by atoms with E-state index < -0.39 is 9.84 Å². The molecule has 1 unspecified atom stereocenters. The van der Waals surface area contributed by atoms with E-state index in [-0.39, 0.29) is 29.1 Å². The molecule has 1 heterocycles. The number of fused-ring (bicyclic) bond motifs is 1. The van der Waals surface area contributed by atoms with Crippen molar-refractivity contribution < 1.29 is 17.9 Å². The van der Waals surface area contributed by atoms with Gasteiger partial charge in [-0.3, -0.25) is 4.79 Å². The van der Waals surface area contributed by atoms with Gasteiger partial charge in [-0.15, -0.1) is 0 Å². The van der Waals surface area contributed by atoms with Crippen molar-refractivity contribution in [1.82, 2.24) is 0 Å². The van der Waals surface area contributed by atoms with Gasteiger partial charge in [0, 0.05) is 11.5 Å². The van der Waals surface area contributed by atoms with Crippen LogP contribution in [0.4, 0.5) is 0 Å². The predicted octanol–water partition coefficient (Wildman–Crippen LogP) is 2.66. The van der Waals surface area contributed by atoms with Crippen LogP contribution in [0.1, 0.15) is 41.6 Å². The summed E-state index contributed by atoms with van der Waals surface area (Å²) in [5.41, 5.74) is 1.87. The number of rotatable bonds is 2. The Bertz CT molecular complexity index is 664. The van der Waals surface area contributed by atoms with Crippen LogP contribution in [0.15, 0.2) is 18.2 Å². The molecule has 0 radical (unpaired) electrons. The second-order valence-corrected chi connectivity index (χ2v) is 8.68. The number of carbonyl (C=O) groups is 1. The second kappa shape index (κ2) is 6.03. The lowest BCUT2D eigenvalue weighted by atomic mass is 9.80. The molecule has 1 aliphatic carbocycles. The van der Waals surface area contributed by atoms with Crippen molar-refractivity contribution in [2.45, 2.75) is 32.1 Å². The van der Waals surface area contributed by atoms with E-state index in [1.807, 2.05) is 18.2 Å². The van der Waals surface area contributed by atoms with E-state index in [4.69, 9.17) is 4.74 Å². The van der Waals surface area contributed by atoms with Crippen molar-refractivity contribution in [1.29, 1.82) is 0 Å². The van der Waals surface area contributed by atoms with Crippen molar-refractivity contribution in [2.75, 3.05) is 18.6 Å². The first-order valence-electron chi connectivity index (χ1n) is 7.92. The van der Waals surface area contributed by atoms with Crippen LogP contribution in [-0.2, 0) is 16.3 Å². The zero-order chi connectivity index (χ0) is 15.7. The van der Waals surface area contributed by atoms with Crippen molar-refractivity contribution in [3.63, 3.8) is 0 Å². The highest BCUT2D eigenvalue weighted by atomic mass is 32.2. The number of hydrogen-bond acceptors (Lipinski definition) is 4. The van der Waals surface area contributed by atoms with Gasteiger partial charge in [0.15, 0.2) is 5.78 Å². The van der Waals surface area contributed by atoms with E-state index in [0.29, 0.717) is 12.8 Å². The van der Waals surface area contributed by atoms with Crippen LogP contribution < -0.4 is 4.74 Å². The summed E-state index contributed by atoms with van der Waals surface area (Å²) in [4.78, 5) is 12.9. The minimum Gasteiger partial charge on any atom is -0.497 e. The summed E-state index contributed by atoms with van der Waals surface area (Å²) in [5.74, 6) is 1.64. The molecule has 0 spiro atoms. The fourth-order valence-corrected chi connectivity index (χ4v) is 5.28. The van der Waals surface area contributed by atoms with E-state index in [1.54, 1.807) is 7.11 Å². The quantitative estimate of drug-likeness (QED) is 0.785. The number of ketones is 1. The molecule has 1 aromatic carbocycles. The van der Waals surface area contributed by atoms with Gasteiger partial charge in [-0.1, -0.05) is 0 Å². The zero-order valence-electron chi connectivity index (χ0n) is 12.9. The monoisotopic (exact) mass is 322 g/mol. The van der Waals surface area contributed by atoms with E-state index in [0.717, 1.165) is 36.1 Å². The summed E-state index contributed by atoms with van der Waals surface area (Å²) < 4.78 is 28.4. The minimum atomic E-state index is -2.88. The van der Waals surface area contributed by atoms with Gasteiger partial charge in [0.25, 0.3) is 0 Å². The number of sulfone groups is 1. The summed E-state index contributed by atoms with van der Waals surface area (Å²) in [6.45, 7) is 0. The van der Waals surface area contributed by atoms with Crippen LogP contribution in [0.5, 0.6) is 5.75 Å². The van der Waals surface area contributed by atoms with Crippen molar-refractivity contribution in [3.05, 3.63) is 29.3 Å². The smallest absolute Gasteiger partial charge is 0.166 e. The molecule has 1 aliphatic heterocycles. The largest absolute Gasteiger partial charge is 0.497 e. The molecule has 1 aromatic rings. The average Bonchev–Trinajstić information content (AvgIpc) is 2.66. The first kappa shape index (κ1) is 15.5.